The molecule has 4 N–H and O–H groups in total. The zero-order valence-corrected chi connectivity index (χ0v) is 32.4. The molecule has 6 heteroatoms. The van der Waals surface area contributed by atoms with Gasteiger partial charge in [0.1, 0.15) is 0 Å². The first-order valence-electron chi connectivity index (χ1n) is 20.3. The van der Waals surface area contributed by atoms with Gasteiger partial charge in [0.05, 0.1) is 10.1 Å². The predicted octanol–water partition coefficient (Wildman–Crippen LogP) is 11.0. The first-order valence-corrected chi connectivity index (χ1v) is 22.3. The second-order valence-corrected chi connectivity index (χ2v) is 19.4. The van der Waals surface area contributed by atoms with E-state index >= 15 is 0 Å². The number of hydrogen-bond acceptors (Lipinski definition) is 6. The number of rotatable bonds is 8. The predicted molar refractivity (Wildman–Crippen MR) is 217 cm³/mol. The zero-order valence-electron chi connectivity index (χ0n) is 30.7. The van der Waals surface area contributed by atoms with Crippen molar-refractivity contribution in [1.29, 1.82) is 0 Å². The maximum atomic E-state index is 6.71. The Morgan fingerprint density at radius 2 is 0.923 bits per heavy atom. The molecule has 0 bridgehead atoms. The summed E-state index contributed by atoms with van der Waals surface area (Å²) in [6.07, 6.45) is 22.3. The molecule has 0 radical (unpaired) electrons. The molecule has 0 saturated heterocycles. The van der Waals surface area contributed by atoms with Gasteiger partial charge in [-0.1, -0.05) is 60.7 Å². The highest BCUT2D eigenvalue weighted by Crippen LogP contribution is 2.56. The first kappa shape index (κ1) is 35.1. The van der Waals surface area contributed by atoms with Gasteiger partial charge in [0, 0.05) is 36.0 Å². The van der Waals surface area contributed by atoms with E-state index < -0.39 is 0 Å². The summed E-state index contributed by atoms with van der Waals surface area (Å²) in [5, 5.41) is 2.39. The molecular formula is C46H56N4S2. The second kappa shape index (κ2) is 14.9. The van der Waals surface area contributed by atoms with Crippen LogP contribution in [0.25, 0.3) is 0 Å². The van der Waals surface area contributed by atoms with E-state index in [2.05, 4.69) is 85.2 Å². The van der Waals surface area contributed by atoms with Crippen LogP contribution in [0, 0.1) is 22.7 Å². The lowest BCUT2D eigenvalue weighted by Crippen LogP contribution is -2.35. The summed E-state index contributed by atoms with van der Waals surface area (Å²) >= 11 is 3.85. The Hall–Kier alpha value is -2.64. The van der Waals surface area contributed by atoms with Crippen LogP contribution < -0.4 is 11.5 Å². The van der Waals surface area contributed by atoms with Gasteiger partial charge in [-0.05, 0) is 170 Å². The molecule has 2 aromatic carbocycles. The summed E-state index contributed by atoms with van der Waals surface area (Å²) in [5.41, 5.74) is 22.6. The van der Waals surface area contributed by atoms with Gasteiger partial charge < -0.3 is 11.5 Å². The fraction of sp³-hybridized carbons (Fsp3) is 0.522. The molecule has 4 nitrogen and oxygen atoms in total. The van der Waals surface area contributed by atoms with Crippen LogP contribution in [0.2, 0.25) is 0 Å². The molecule has 4 aromatic rings. The molecule has 2 heterocycles. The maximum Gasteiger partial charge on any atom is 0.0960 e. The minimum atomic E-state index is 0.221. The van der Waals surface area contributed by atoms with Gasteiger partial charge in [-0.2, -0.15) is 0 Å². The molecule has 2 aromatic heterocycles. The quantitative estimate of drug-likeness (QED) is 0.176. The highest BCUT2D eigenvalue weighted by molar-refractivity contribution is 7.99. The van der Waals surface area contributed by atoms with Crippen LogP contribution in [-0.4, -0.2) is 21.5 Å². The van der Waals surface area contributed by atoms with E-state index in [0.29, 0.717) is 22.7 Å². The van der Waals surface area contributed by atoms with Crippen LogP contribution in [-0.2, 0) is 12.8 Å². The van der Waals surface area contributed by atoms with Gasteiger partial charge in [-0.3, -0.25) is 0 Å². The third kappa shape index (κ3) is 7.39. The van der Waals surface area contributed by atoms with Crippen molar-refractivity contribution in [3.63, 3.8) is 0 Å². The molecule has 52 heavy (non-hydrogen) atoms. The van der Waals surface area contributed by atoms with Gasteiger partial charge >= 0.3 is 0 Å². The highest BCUT2D eigenvalue weighted by Gasteiger charge is 2.47. The molecule has 6 aliphatic rings. The molecule has 4 saturated carbocycles. The average molecular weight is 729 g/mol. The summed E-state index contributed by atoms with van der Waals surface area (Å²) in [6, 6.07) is 27.2. The fourth-order valence-corrected chi connectivity index (χ4v) is 12.1. The Balaban J connectivity index is 0.000000138. The minimum Gasteiger partial charge on any atom is -0.323 e. The number of nitrogens with zero attached hydrogens (tertiary/aromatic N) is 2. The van der Waals surface area contributed by atoms with Crippen molar-refractivity contribution in [2.45, 2.75) is 124 Å². The number of pyridine rings is 2. The van der Waals surface area contributed by atoms with Crippen LogP contribution in [0.3, 0.4) is 0 Å². The molecule has 272 valence electrons. The lowest BCUT2D eigenvalue weighted by Gasteiger charge is -2.40. The van der Waals surface area contributed by atoms with E-state index in [4.69, 9.17) is 21.4 Å². The third-order valence-electron chi connectivity index (χ3n) is 13.9. The fourth-order valence-electron chi connectivity index (χ4n) is 10.1. The van der Waals surface area contributed by atoms with E-state index in [9.17, 15) is 0 Å². The van der Waals surface area contributed by atoms with E-state index in [-0.39, 0.29) is 12.1 Å². The smallest absolute Gasteiger partial charge is 0.0960 e. The molecule has 0 unspecified atom stereocenters. The zero-order chi connectivity index (χ0) is 35.1. The van der Waals surface area contributed by atoms with Crippen molar-refractivity contribution in [1.82, 2.24) is 9.97 Å². The third-order valence-corrected chi connectivity index (χ3v) is 16.3. The molecule has 0 amide bonds. The molecule has 2 spiro atoms. The van der Waals surface area contributed by atoms with Crippen molar-refractivity contribution >= 4 is 23.5 Å². The molecule has 2 atom stereocenters. The van der Waals surface area contributed by atoms with Crippen LogP contribution in [0.5, 0.6) is 0 Å². The van der Waals surface area contributed by atoms with Gasteiger partial charge in [0.25, 0.3) is 0 Å². The largest absolute Gasteiger partial charge is 0.323 e. The Bertz CT molecular complexity index is 1680. The van der Waals surface area contributed by atoms with Crippen molar-refractivity contribution in [2.75, 3.05) is 11.5 Å². The SMILES string of the molecule is N[C@@H]1c2ccccc2CC12CCC(c1ccc(SCC3CC3)nc1)CC2.N[C@H]1c2ccccc2CC12CCC(c1ccc(SCC3CC3)nc1)CC2. The molecular weight excluding hydrogens is 673 g/mol. The van der Waals surface area contributed by atoms with Gasteiger partial charge in [0.15, 0.2) is 0 Å². The highest BCUT2D eigenvalue weighted by atomic mass is 32.2. The Morgan fingerprint density at radius 3 is 1.27 bits per heavy atom. The molecule has 0 aliphatic heterocycles. The van der Waals surface area contributed by atoms with Gasteiger partial charge in [-0.15, -0.1) is 23.5 Å². The first-order chi connectivity index (χ1) is 25.5. The van der Waals surface area contributed by atoms with E-state index in [0.717, 1.165) is 11.8 Å². The van der Waals surface area contributed by atoms with E-state index in [1.165, 1.54) is 145 Å². The average Bonchev–Trinajstić information content (AvgIpc) is 4.14. The Morgan fingerprint density at radius 1 is 0.519 bits per heavy atom. The van der Waals surface area contributed by atoms with Crippen molar-refractivity contribution in [3.05, 3.63) is 119 Å². The molecule has 10 rings (SSSR count). The number of hydrogen-bond donors (Lipinski definition) is 2. The number of benzene rings is 2. The number of aromatic nitrogens is 2. The monoisotopic (exact) mass is 728 g/mol. The minimum absolute atomic E-state index is 0.221. The Labute approximate surface area is 320 Å². The number of thioether (sulfide) groups is 2. The number of nitrogens with two attached hydrogens (primary N) is 2. The van der Waals surface area contributed by atoms with Crippen LogP contribution in [0.1, 0.15) is 134 Å². The van der Waals surface area contributed by atoms with Crippen LogP contribution in [0.15, 0.2) is 95.2 Å². The Kier molecular flexibility index (Phi) is 10.0. The van der Waals surface area contributed by atoms with Crippen molar-refractivity contribution in [2.24, 2.45) is 34.1 Å². The number of fused-ring (bicyclic) bond motifs is 2. The topological polar surface area (TPSA) is 77.8 Å². The second-order valence-electron chi connectivity index (χ2n) is 17.3. The van der Waals surface area contributed by atoms with Crippen molar-refractivity contribution in [3.8, 4) is 0 Å². The lowest BCUT2D eigenvalue weighted by atomic mass is 9.66. The van der Waals surface area contributed by atoms with Crippen molar-refractivity contribution < 1.29 is 0 Å². The summed E-state index contributed by atoms with van der Waals surface area (Å²) < 4.78 is 0. The molecule has 4 fully saturated rings. The summed E-state index contributed by atoms with van der Waals surface area (Å²) in [6.45, 7) is 0. The summed E-state index contributed by atoms with van der Waals surface area (Å²) in [5.74, 6) is 5.72. The summed E-state index contributed by atoms with van der Waals surface area (Å²) in [7, 11) is 0. The lowest BCUT2D eigenvalue weighted by molar-refractivity contribution is 0.149. The summed E-state index contributed by atoms with van der Waals surface area (Å²) in [4.78, 5) is 9.46. The van der Waals surface area contributed by atoms with Gasteiger partial charge in [0.2, 0.25) is 0 Å². The van der Waals surface area contributed by atoms with Crippen LogP contribution >= 0.6 is 23.5 Å². The maximum absolute atomic E-state index is 6.71. The van der Waals surface area contributed by atoms with Gasteiger partial charge in [-0.25, -0.2) is 9.97 Å². The standard InChI is InChI=1S/2C23H28N2S/c2*24-22-20-4-2-1-3-18(20)13-23(22)11-9-17(10-12-23)19-7-8-21(25-14-19)26-15-16-5-6-16/h2*1-4,7-8,14,16-17,22H,5-6,9-13,15,24H2/t2*17?,22-,23?/m10/s1. The van der Waals surface area contributed by atoms with Crippen LogP contribution in [0.4, 0.5) is 0 Å². The molecule has 6 aliphatic carbocycles. The normalized spacial score (nSPS) is 30.5. The van der Waals surface area contributed by atoms with E-state index in [1.54, 1.807) is 0 Å². The van der Waals surface area contributed by atoms with E-state index in [1.807, 2.05) is 23.5 Å².